The Morgan fingerprint density at radius 1 is 1.25 bits per heavy atom. The average molecular weight is 389 g/mol. The predicted octanol–water partition coefficient (Wildman–Crippen LogP) is 4.41. The zero-order valence-corrected chi connectivity index (χ0v) is 15.6. The molecule has 24 heavy (non-hydrogen) atoms. The van der Waals surface area contributed by atoms with E-state index in [0.717, 1.165) is 10.0 Å². The van der Waals surface area contributed by atoms with Crippen LogP contribution < -0.4 is 10.2 Å². The third kappa shape index (κ3) is 5.49. The summed E-state index contributed by atoms with van der Waals surface area (Å²) in [6.07, 6.45) is 1.60. The van der Waals surface area contributed by atoms with Gasteiger partial charge in [0.25, 0.3) is 5.91 Å². The normalized spacial score (nSPS) is 11.0. The molecule has 0 spiro atoms. The Bertz CT molecular complexity index is 725. The van der Waals surface area contributed by atoms with E-state index in [-0.39, 0.29) is 12.5 Å². The summed E-state index contributed by atoms with van der Waals surface area (Å²) in [7, 11) is 0. The number of nitrogens with zero attached hydrogens (tertiary/aromatic N) is 1. The number of ether oxygens (including phenoxy) is 1. The summed E-state index contributed by atoms with van der Waals surface area (Å²) < 4.78 is 6.36. The minimum atomic E-state index is -0.307. The lowest BCUT2D eigenvalue weighted by Crippen LogP contribution is -2.24. The Morgan fingerprint density at radius 3 is 2.58 bits per heavy atom. The van der Waals surface area contributed by atoms with Crippen molar-refractivity contribution in [2.45, 2.75) is 26.7 Å². The van der Waals surface area contributed by atoms with Crippen molar-refractivity contribution >= 4 is 28.1 Å². The highest BCUT2D eigenvalue weighted by atomic mass is 79.9. The van der Waals surface area contributed by atoms with Crippen molar-refractivity contribution in [2.24, 2.45) is 5.10 Å². The van der Waals surface area contributed by atoms with Crippen LogP contribution in [-0.4, -0.2) is 18.7 Å². The van der Waals surface area contributed by atoms with Gasteiger partial charge < -0.3 is 4.74 Å². The highest BCUT2D eigenvalue weighted by Crippen LogP contribution is 2.28. The second kappa shape index (κ2) is 8.64. The van der Waals surface area contributed by atoms with Crippen molar-refractivity contribution in [2.75, 3.05) is 6.61 Å². The van der Waals surface area contributed by atoms with Gasteiger partial charge in [0.2, 0.25) is 0 Å². The quantitative estimate of drug-likeness (QED) is 0.588. The number of hydrazone groups is 1. The van der Waals surface area contributed by atoms with E-state index in [1.54, 1.807) is 6.21 Å². The molecule has 2 aromatic carbocycles. The number of carbonyl (C=O) groups excluding carboxylic acids is 1. The summed E-state index contributed by atoms with van der Waals surface area (Å²) in [5, 5.41) is 3.93. The Labute approximate surface area is 151 Å². The highest BCUT2D eigenvalue weighted by molar-refractivity contribution is 9.10. The van der Waals surface area contributed by atoms with Gasteiger partial charge in [-0.05, 0) is 52.0 Å². The van der Waals surface area contributed by atoms with Gasteiger partial charge in [0.1, 0.15) is 5.75 Å². The SMILES string of the molecule is Cc1ccc(C=NNC(=O)COc2ccc(C(C)C)cc2Br)cc1. The van der Waals surface area contributed by atoms with Crippen molar-refractivity contribution in [1.82, 2.24) is 5.43 Å². The Balaban J connectivity index is 1.84. The van der Waals surface area contributed by atoms with E-state index in [4.69, 9.17) is 4.74 Å². The number of halogens is 1. The van der Waals surface area contributed by atoms with E-state index in [1.807, 2.05) is 49.4 Å². The first-order chi connectivity index (χ1) is 11.5. The van der Waals surface area contributed by atoms with Gasteiger partial charge in [0.05, 0.1) is 10.7 Å². The molecule has 0 aromatic heterocycles. The lowest BCUT2D eigenvalue weighted by Gasteiger charge is -2.10. The molecule has 0 bridgehead atoms. The first-order valence-electron chi connectivity index (χ1n) is 7.76. The summed E-state index contributed by atoms with van der Waals surface area (Å²) in [4.78, 5) is 11.8. The summed E-state index contributed by atoms with van der Waals surface area (Å²) in [5.41, 5.74) is 5.77. The third-order valence-corrected chi connectivity index (χ3v) is 4.08. The van der Waals surface area contributed by atoms with E-state index in [9.17, 15) is 4.79 Å². The molecule has 2 aromatic rings. The molecule has 126 valence electrons. The molecule has 0 heterocycles. The smallest absolute Gasteiger partial charge is 0.277 e. The first-order valence-corrected chi connectivity index (χ1v) is 8.56. The molecule has 4 nitrogen and oxygen atoms in total. The molecule has 2 rings (SSSR count). The fourth-order valence-electron chi connectivity index (χ4n) is 2.00. The van der Waals surface area contributed by atoms with Gasteiger partial charge in [-0.2, -0.15) is 5.10 Å². The molecule has 0 saturated heterocycles. The summed E-state index contributed by atoms with van der Waals surface area (Å²) in [6, 6.07) is 13.7. The molecule has 5 heteroatoms. The molecule has 0 saturated carbocycles. The Hall–Kier alpha value is -2.14. The minimum absolute atomic E-state index is 0.0924. The van der Waals surface area contributed by atoms with Crippen molar-refractivity contribution in [3.8, 4) is 5.75 Å². The number of hydrogen-bond donors (Lipinski definition) is 1. The number of aryl methyl sites for hydroxylation is 1. The standard InChI is InChI=1S/C19H21BrN2O2/c1-13(2)16-8-9-18(17(20)10-16)24-12-19(23)22-21-11-15-6-4-14(3)5-7-15/h4-11,13H,12H2,1-3H3,(H,22,23). The van der Waals surface area contributed by atoms with Gasteiger partial charge in [-0.3, -0.25) is 4.79 Å². The summed E-state index contributed by atoms with van der Waals surface area (Å²) in [6.45, 7) is 6.18. The van der Waals surface area contributed by atoms with Crippen LogP contribution >= 0.6 is 15.9 Å². The van der Waals surface area contributed by atoms with Gasteiger partial charge in [-0.15, -0.1) is 0 Å². The van der Waals surface area contributed by atoms with E-state index >= 15 is 0 Å². The van der Waals surface area contributed by atoms with E-state index in [0.29, 0.717) is 11.7 Å². The number of nitrogens with one attached hydrogen (secondary N) is 1. The van der Waals surface area contributed by atoms with E-state index < -0.39 is 0 Å². The van der Waals surface area contributed by atoms with Crippen molar-refractivity contribution in [3.63, 3.8) is 0 Å². The fraction of sp³-hybridized carbons (Fsp3) is 0.263. The second-order valence-corrected chi connectivity index (χ2v) is 6.69. The van der Waals surface area contributed by atoms with Crippen molar-refractivity contribution in [3.05, 3.63) is 63.6 Å². The molecule has 0 aliphatic carbocycles. The van der Waals surface area contributed by atoms with Crippen LogP contribution in [0.5, 0.6) is 5.75 Å². The number of hydrogen-bond acceptors (Lipinski definition) is 3. The van der Waals surface area contributed by atoms with Gasteiger partial charge in [0, 0.05) is 0 Å². The third-order valence-electron chi connectivity index (χ3n) is 3.46. The van der Waals surface area contributed by atoms with Crippen molar-refractivity contribution < 1.29 is 9.53 Å². The Morgan fingerprint density at radius 2 is 1.96 bits per heavy atom. The second-order valence-electron chi connectivity index (χ2n) is 5.84. The van der Waals surface area contributed by atoms with Gasteiger partial charge in [-0.25, -0.2) is 5.43 Å². The van der Waals surface area contributed by atoms with Crippen LogP contribution in [0.15, 0.2) is 52.0 Å². The maximum Gasteiger partial charge on any atom is 0.277 e. The summed E-state index contributed by atoms with van der Waals surface area (Å²) >= 11 is 3.47. The number of benzene rings is 2. The molecule has 0 unspecified atom stereocenters. The molecule has 0 atom stereocenters. The van der Waals surface area contributed by atoms with Crippen LogP contribution in [0.1, 0.15) is 36.5 Å². The molecule has 0 aliphatic rings. The Kier molecular flexibility index (Phi) is 6.55. The number of carbonyl (C=O) groups is 1. The van der Waals surface area contributed by atoms with E-state index in [2.05, 4.69) is 40.3 Å². The molecular formula is C19H21BrN2O2. The molecule has 0 aliphatic heterocycles. The number of rotatable bonds is 6. The van der Waals surface area contributed by atoms with Crippen molar-refractivity contribution in [1.29, 1.82) is 0 Å². The fourth-order valence-corrected chi connectivity index (χ4v) is 2.51. The van der Waals surface area contributed by atoms with Crippen LogP contribution in [0.2, 0.25) is 0 Å². The van der Waals surface area contributed by atoms with Crippen LogP contribution in [0.4, 0.5) is 0 Å². The zero-order chi connectivity index (χ0) is 17.5. The first kappa shape index (κ1) is 18.2. The maximum absolute atomic E-state index is 11.8. The molecular weight excluding hydrogens is 368 g/mol. The van der Waals surface area contributed by atoms with Gasteiger partial charge >= 0.3 is 0 Å². The highest BCUT2D eigenvalue weighted by Gasteiger charge is 2.07. The topological polar surface area (TPSA) is 50.7 Å². The predicted molar refractivity (Wildman–Crippen MR) is 101 cm³/mol. The molecule has 1 amide bonds. The number of amides is 1. The molecule has 0 radical (unpaired) electrons. The van der Waals surface area contributed by atoms with E-state index in [1.165, 1.54) is 11.1 Å². The van der Waals surface area contributed by atoms with Crippen LogP contribution in [0.3, 0.4) is 0 Å². The lowest BCUT2D eigenvalue weighted by molar-refractivity contribution is -0.123. The average Bonchev–Trinajstić information content (AvgIpc) is 2.55. The van der Waals surface area contributed by atoms with Crippen LogP contribution in [-0.2, 0) is 4.79 Å². The van der Waals surface area contributed by atoms with Crippen LogP contribution in [0, 0.1) is 6.92 Å². The minimum Gasteiger partial charge on any atom is -0.483 e. The zero-order valence-electron chi connectivity index (χ0n) is 14.0. The largest absolute Gasteiger partial charge is 0.483 e. The monoisotopic (exact) mass is 388 g/mol. The lowest BCUT2D eigenvalue weighted by atomic mass is 10.0. The van der Waals surface area contributed by atoms with Crippen LogP contribution in [0.25, 0.3) is 0 Å². The summed E-state index contributed by atoms with van der Waals surface area (Å²) in [5.74, 6) is 0.769. The molecule has 0 fully saturated rings. The van der Waals surface area contributed by atoms with Gasteiger partial charge in [0.15, 0.2) is 6.61 Å². The van der Waals surface area contributed by atoms with Gasteiger partial charge in [-0.1, -0.05) is 49.7 Å². The molecule has 1 N–H and O–H groups in total. The maximum atomic E-state index is 11.8.